The van der Waals surface area contributed by atoms with Crippen molar-refractivity contribution < 1.29 is 4.74 Å². The molecule has 0 aliphatic carbocycles. The summed E-state index contributed by atoms with van der Waals surface area (Å²) in [6.45, 7) is 16.3. The molecule has 1 aromatic carbocycles. The van der Waals surface area contributed by atoms with E-state index in [0.29, 0.717) is 11.8 Å². The number of benzene rings is 1. The van der Waals surface area contributed by atoms with E-state index < -0.39 is 0 Å². The van der Waals surface area contributed by atoms with E-state index in [1.165, 1.54) is 11.1 Å². The van der Waals surface area contributed by atoms with Crippen molar-refractivity contribution in [2.75, 3.05) is 52.5 Å². The lowest BCUT2D eigenvalue weighted by Gasteiger charge is -2.28. The highest BCUT2D eigenvalue weighted by atomic mass is 127. The van der Waals surface area contributed by atoms with E-state index in [-0.39, 0.29) is 24.0 Å². The van der Waals surface area contributed by atoms with Crippen LogP contribution < -0.4 is 10.6 Å². The zero-order valence-electron chi connectivity index (χ0n) is 17.3. The lowest BCUT2D eigenvalue weighted by atomic mass is 9.99. The van der Waals surface area contributed by atoms with Gasteiger partial charge in [-0.25, -0.2) is 0 Å². The fourth-order valence-corrected chi connectivity index (χ4v) is 3.22. The maximum Gasteiger partial charge on any atom is 0.191 e. The molecule has 0 saturated carbocycles. The Morgan fingerprint density at radius 1 is 1.22 bits per heavy atom. The van der Waals surface area contributed by atoms with Crippen LogP contribution in [0.15, 0.2) is 29.3 Å². The molecule has 1 fully saturated rings. The Morgan fingerprint density at radius 2 is 1.96 bits per heavy atom. The fourth-order valence-electron chi connectivity index (χ4n) is 3.22. The molecule has 0 amide bonds. The Bertz CT molecular complexity index is 561. The summed E-state index contributed by atoms with van der Waals surface area (Å²) in [4.78, 5) is 7.27. The first-order valence-electron chi connectivity index (χ1n) is 9.97. The number of hydrogen-bond acceptors (Lipinski definition) is 3. The molecule has 27 heavy (non-hydrogen) atoms. The van der Waals surface area contributed by atoms with Gasteiger partial charge in [0.2, 0.25) is 0 Å². The molecule has 1 heterocycles. The van der Waals surface area contributed by atoms with Crippen LogP contribution in [0.1, 0.15) is 37.8 Å². The maximum absolute atomic E-state index is 5.42. The highest BCUT2D eigenvalue weighted by Crippen LogP contribution is 2.15. The van der Waals surface area contributed by atoms with E-state index in [1.807, 2.05) is 0 Å². The first-order chi connectivity index (χ1) is 12.6. The quantitative estimate of drug-likeness (QED) is 0.335. The van der Waals surface area contributed by atoms with Crippen LogP contribution in [0.4, 0.5) is 0 Å². The summed E-state index contributed by atoms with van der Waals surface area (Å²) >= 11 is 0. The minimum atomic E-state index is 0. The monoisotopic (exact) mass is 488 g/mol. The van der Waals surface area contributed by atoms with Crippen molar-refractivity contribution in [1.82, 2.24) is 15.5 Å². The van der Waals surface area contributed by atoms with Gasteiger partial charge in [0, 0.05) is 39.3 Å². The van der Waals surface area contributed by atoms with Crippen molar-refractivity contribution in [2.24, 2.45) is 10.9 Å². The Balaban J connectivity index is 0.00000364. The molecule has 2 N–H and O–H groups in total. The van der Waals surface area contributed by atoms with Gasteiger partial charge in [0.05, 0.1) is 13.2 Å². The number of nitrogens with zero attached hydrogens (tertiary/aromatic N) is 2. The highest BCUT2D eigenvalue weighted by Gasteiger charge is 2.14. The van der Waals surface area contributed by atoms with E-state index in [9.17, 15) is 0 Å². The molecular formula is C21H37IN4O. The van der Waals surface area contributed by atoms with E-state index in [0.717, 1.165) is 58.4 Å². The van der Waals surface area contributed by atoms with Crippen LogP contribution in [-0.4, -0.2) is 63.3 Å². The largest absolute Gasteiger partial charge is 0.379 e. The molecule has 1 aromatic rings. The number of aliphatic imine (C=N–C) groups is 1. The topological polar surface area (TPSA) is 48.9 Å². The average molecular weight is 488 g/mol. The van der Waals surface area contributed by atoms with E-state index in [4.69, 9.17) is 9.73 Å². The van der Waals surface area contributed by atoms with Crippen LogP contribution in [0.5, 0.6) is 0 Å². The Morgan fingerprint density at radius 3 is 2.63 bits per heavy atom. The van der Waals surface area contributed by atoms with Crippen LogP contribution in [0.2, 0.25) is 0 Å². The molecule has 6 heteroatoms. The zero-order chi connectivity index (χ0) is 18.8. The number of rotatable bonds is 8. The summed E-state index contributed by atoms with van der Waals surface area (Å²) in [7, 11) is 0. The number of ether oxygens (including phenoxy) is 1. The second-order valence-electron chi connectivity index (χ2n) is 7.43. The van der Waals surface area contributed by atoms with Gasteiger partial charge in [0.1, 0.15) is 0 Å². The van der Waals surface area contributed by atoms with Gasteiger partial charge in [-0.2, -0.15) is 0 Å². The van der Waals surface area contributed by atoms with Gasteiger partial charge in [-0.15, -0.1) is 24.0 Å². The molecule has 1 aliphatic heterocycles. The minimum Gasteiger partial charge on any atom is -0.379 e. The van der Waals surface area contributed by atoms with Crippen molar-refractivity contribution in [1.29, 1.82) is 0 Å². The third-order valence-corrected chi connectivity index (χ3v) is 4.77. The standard InChI is InChI=1S/C21H36N4O.HI/c1-5-22-21(23-14-18(3)16-25-9-11-26-12-10-25)24-15-19(4)20-8-6-7-17(2)13-20;/h6-8,13,18-19H,5,9-12,14-16H2,1-4H3,(H2,22,23,24);1H. The molecule has 1 saturated heterocycles. The van der Waals surface area contributed by atoms with Crippen molar-refractivity contribution in [2.45, 2.75) is 33.6 Å². The zero-order valence-corrected chi connectivity index (χ0v) is 19.7. The summed E-state index contributed by atoms with van der Waals surface area (Å²) in [6.07, 6.45) is 0. The van der Waals surface area contributed by atoms with Gasteiger partial charge in [-0.05, 0) is 31.2 Å². The summed E-state index contributed by atoms with van der Waals surface area (Å²) in [5.74, 6) is 1.91. The van der Waals surface area contributed by atoms with Gasteiger partial charge in [0.25, 0.3) is 0 Å². The van der Waals surface area contributed by atoms with E-state index >= 15 is 0 Å². The van der Waals surface area contributed by atoms with Crippen LogP contribution in [0.25, 0.3) is 0 Å². The van der Waals surface area contributed by atoms with Crippen molar-refractivity contribution >= 4 is 29.9 Å². The SMILES string of the molecule is CCNC(=NCC(C)CN1CCOCC1)NCC(C)c1cccc(C)c1.I. The van der Waals surface area contributed by atoms with Crippen molar-refractivity contribution in [3.05, 3.63) is 35.4 Å². The number of guanidine groups is 1. The molecule has 2 atom stereocenters. The molecule has 1 aliphatic rings. The highest BCUT2D eigenvalue weighted by molar-refractivity contribution is 14.0. The van der Waals surface area contributed by atoms with Crippen LogP contribution >= 0.6 is 24.0 Å². The number of halogens is 1. The third-order valence-electron chi connectivity index (χ3n) is 4.77. The van der Waals surface area contributed by atoms with Crippen LogP contribution in [0.3, 0.4) is 0 Å². The molecule has 0 aromatic heterocycles. The van der Waals surface area contributed by atoms with Crippen LogP contribution in [-0.2, 0) is 4.74 Å². The Labute approximate surface area is 182 Å². The number of morpholine rings is 1. The molecule has 5 nitrogen and oxygen atoms in total. The average Bonchev–Trinajstić information content (AvgIpc) is 2.64. The normalized spacial score (nSPS) is 17.7. The molecule has 0 radical (unpaired) electrons. The molecule has 154 valence electrons. The second-order valence-corrected chi connectivity index (χ2v) is 7.43. The van der Waals surface area contributed by atoms with Crippen LogP contribution in [0, 0.1) is 12.8 Å². The molecule has 2 unspecified atom stereocenters. The van der Waals surface area contributed by atoms with E-state index in [1.54, 1.807) is 0 Å². The summed E-state index contributed by atoms with van der Waals surface area (Å²) in [5.41, 5.74) is 2.68. The van der Waals surface area contributed by atoms with Gasteiger partial charge < -0.3 is 15.4 Å². The van der Waals surface area contributed by atoms with Crippen molar-refractivity contribution in [3.63, 3.8) is 0 Å². The van der Waals surface area contributed by atoms with Gasteiger partial charge in [-0.1, -0.05) is 43.7 Å². The second kappa shape index (κ2) is 13.3. The maximum atomic E-state index is 5.42. The van der Waals surface area contributed by atoms with Gasteiger partial charge in [-0.3, -0.25) is 9.89 Å². The predicted molar refractivity (Wildman–Crippen MR) is 125 cm³/mol. The third kappa shape index (κ3) is 9.25. The Kier molecular flexibility index (Phi) is 11.9. The van der Waals surface area contributed by atoms with Gasteiger partial charge >= 0.3 is 0 Å². The van der Waals surface area contributed by atoms with Gasteiger partial charge in [0.15, 0.2) is 5.96 Å². The number of nitrogens with one attached hydrogen (secondary N) is 2. The van der Waals surface area contributed by atoms with Crippen molar-refractivity contribution in [3.8, 4) is 0 Å². The lowest BCUT2D eigenvalue weighted by Crippen LogP contribution is -2.41. The number of aryl methyl sites for hydroxylation is 1. The first-order valence-corrected chi connectivity index (χ1v) is 9.97. The minimum absolute atomic E-state index is 0. The molecule has 2 rings (SSSR count). The first kappa shape index (κ1) is 24.2. The van der Waals surface area contributed by atoms with E-state index in [2.05, 4.69) is 67.5 Å². The summed E-state index contributed by atoms with van der Waals surface area (Å²) in [6, 6.07) is 8.74. The molecule has 0 bridgehead atoms. The number of hydrogen-bond donors (Lipinski definition) is 2. The summed E-state index contributed by atoms with van der Waals surface area (Å²) in [5, 5.41) is 6.87. The summed E-state index contributed by atoms with van der Waals surface area (Å²) < 4.78 is 5.42. The fraction of sp³-hybridized carbons (Fsp3) is 0.667. The molecule has 0 spiro atoms. The predicted octanol–water partition coefficient (Wildman–Crippen LogP) is 3.24. The lowest BCUT2D eigenvalue weighted by molar-refractivity contribution is 0.0323. The Hall–Kier alpha value is -0.860. The smallest absolute Gasteiger partial charge is 0.191 e. The molecular weight excluding hydrogens is 451 g/mol.